The minimum absolute atomic E-state index is 0. The van der Waals surface area contributed by atoms with Crippen molar-refractivity contribution in [2.75, 3.05) is 13.1 Å². The van der Waals surface area contributed by atoms with Crippen molar-refractivity contribution in [3.8, 4) is 0 Å². The lowest BCUT2D eigenvalue weighted by Gasteiger charge is -2.32. The number of pyridine rings is 1. The lowest BCUT2D eigenvalue weighted by atomic mass is 10.0. The van der Waals surface area contributed by atoms with Crippen LogP contribution in [-0.4, -0.2) is 41.0 Å². The Bertz CT molecular complexity index is 447. The smallest absolute Gasteiger partial charge is 0.237 e. The number of nitrogens with zero attached hydrogens (tertiary/aromatic N) is 2. The standard InChI is InChI=1S/C16H26N4O.ClH/c1-12(2)15(17)16(21)19-13-6-9-20(10-7-13)11-14-5-3-4-8-18-14;/h3-5,8,12-13,15H,6-7,9-11,17H2,1-2H3,(H,19,21);1H/t15-;/m0./s1. The van der Waals surface area contributed by atoms with Gasteiger partial charge in [-0.2, -0.15) is 0 Å². The van der Waals surface area contributed by atoms with Gasteiger partial charge in [-0.3, -0.25) is 14.7 Å². The number of carbonyl (C=O) groups is 1. The largest absolute Gasteiger partial charge is 0.352 e. The summed E-state index contributed by atoms with van der Waals surface area (Å²) in [6.45, 7) is 6.79. The highest BCUT2D eigenvalue weighted by Gasteiger charge is 2.24. The molecule has 2 heterocycles. The maximum atomic E-state index is 12.0. The Kier molecular flexibility index (Phi) is 7.79. The van der Waals surface area contributed by atoms with Gasteiger partial charge in [-0.05, 0) is 30.9 Å². The molecule has 1 aliphatic rings. The van der Waals surface area contributed by atoms with E-state index in [-0.39, 0.29) is 30.3 Å². The van der Waals surface area contributed by atoms with Crippen LogP contribution in [0.15, 0.2) is 24.4 Å². The summed E-state index contributed by atoms with van der Waals surface area (Å²) in [4.78, 5) is 18.7. The number of hydrogen-bond donors (Lipinski definition) is 2. The quantitative estimate of drug-likeness (QED) is 0.861. The molecule has 0 saturated carbocycles. The van der Waals surface area contributed by atoms with Crippen LogP contribution in [0.5, 0.6) is 0 Å². The lowest BCUT2D eigenvalue weighted by molar-refractivity contribution is -0.124. The molecule has 1 amide bonds. The molecule has 5 nitrogen and oxygen atoms in total. The second-order valence-corrected chi connectivity index (χ2v) is 6.15. The van der Waals surface area contributed by atoms with Gasteiger partial charge >= 0.3 is 0 Å². The van der Waals surface area contributed by atoms with Crippen LogP contribution in [0.4, 0.5) is 0 Å². The number of carbonyl (C=O) groups excluding carboxylic acids is 1. The Morgan fingerprint density at radius 2 is 2.09 bits per heavy atom. The van der Waals surface area contributed by atoms with Gasteiger partial charge in [0, 0.05) is 31.9 Å². The Balaban J connectivity index is 0.00000242. The molecule has 1 aromatic heterocycles. The number of piperidine rings is 1. The van der Waals surface area contributed by atoms with Crippen molar-refractivity contribution in [3.05, 3.63) is 30.1 Å². The summed E-state index contributed by atoms with van der Waals surface area (Å²) >= 11 is 0. The number of hydrogen-bond acceptors (Lipinski definition) is 4. The van der Waals surface area contributed by atoms with Crippen molar-refractivity contribution in [1.82, 2.24) is 15.2 Å². The molecule has 0 radical (unpaired) electrons. The number of halogens is 1. The second-order valence-electron chi connectivity index (χ2n) is 6.15. The van der Waals surface area contributed by atoms with Gasteiger partial charge in [-0.1, -0.05) is 19.9 Å². The van der Waals surface area contributed by atoms with Gasteiger partial charge in [0.25, 0.3) is 0 Å². The molecule has 3 N–H and O–H groups in total. The van der Waals surface area contributed by atoms with Crippen LogP contribution < -0.4 is 11.1 Å². The fourth-order valence-corrected chi connectivity index (χ4v) is 2.56. The summed E-state index contributed by atoms with van der Waals surface area (Å²) in [7, 11) is 0. The van der Waals surface area contributed by atoms with Crippen LogP contribution in [0.25, 0.3) is 0 Å². The predicted octanol–water partition coefficient (Wildman–Crippen LogP) is 1.57. The van der Waals surface area contributed by atoms with E-state index in [4.69, 9.17) is 5.73 Å². The summed E-state index contributed by atoms with van der Waals surface area (Å²) < 4.78 is 0. The molecule has 1 atom stereocenters. The summed E-state index contributed by atoms with van der Waals surface area (Å²) in [5.74, 6) is 0.155. The Morgan fingerprint density at radius 3 is 2.64 bits per heavy atom. The molecule has 6 heteroatoms. The normalized spacial score (nSPS) is 17.8. The number of rotatable bonds is 5. The van der Waals surface area contributed by atoms with Crippen molar-refractivity contribution in [2.24, 2.45) is 11.7 Å². The van der Waals surface area contributed by atoms with E-state index in [1.54, 1.807) is 0 Å². The highest BCUT2D eigenvalue weighted by molar-refractivity contribution is 5.85. The zero-order valence-electron chi connectivity index (χ0n) is 13.4. The van der Waals surface area contributed by atoms with E-state index in [0.29, 0.717) is 0 Å². The van der Waals surface area contributed by atoms with Crippen LogP contribution in [-0.2, 0) is 11.3 Å². The Hall–Kier alpha value is -1.17. The summed E-state index contributed by atoms with van der Waals surface area (Å²) in [5, 5.41) is 3.08. The topological polar surface area (TPSA) is 71.2 Å². The van der Waals surface area contributed by atoms with Crippen LogP contribution in [0, 0.1) is 5.92 Å². The fraction of sp³-hybridized carbons (Fsp3) is 0.625. The molecule has 1 aromatic rings. The zero-order valence-corrected chi connectivity index (χ0v) is 14.2. The molecule has 0 aliphatic carbocycles. The molecule has 0 unspecified atom stereocenters. The molecule has 0 aromatic carbocycles. The number of aromatic nitrogens is 1. The number of amides is 1. The van der Waals surface area contributed by atoms with E-state index in [1.807, 2.05) is 32.2 Å². The van der Waals surface area contributed by atoms with Crippen LogP contribution in [0.3, 0.4) is 0 Å². The third kappa shape index (κ3) is 5.55. The maximum Gasteiger partial charge on any atom is 0.237 e. The van der Waals surface area contributed by atoms with Gasteiger partial charge in [0.15, 0.2) is 0 Å². The van der Waals surface area contributed by atoms with E-state index >= 15 is 0 Å². The van der Waals surface area contributed by atoms with Crippen LogP contribution in [0.1, 0.15) is 32.4 Å². The first-order chi connectivity index (χ1) is 10.1. The van der Waals surface area contributed by atoms with E-state index < -0.39 is 6.04 Å². The van der Waals surface area contributed by atoms with Gasteiger partial charge in [0.1, 0.15) is 0 Å². The average Bonchev–Trinajstić information content (AvgIpc) is 2.49. The second kappa shape index (κ2) is 9.08. The molecule has 22 heavy (non-hydrogen) atoms. The van der Waals surface area contributed by atoms with E-state index in [1.165, 1.54) is 0 Å². The monoisotopic (exact) mass is 326 g/mol. The molecule has 1 aliphatic heterocycles. The zero-order chi connectivity index (χ0) is 15.2. The molecule has 2 rings (SSSR count). The SMILES string of the molecule is CC(C)[C@H](N)C(=O)NC1CCN(Cc2ccccn2)CC1.Cl. The molecule has 0 spiro atoms. The fourth-order valence-electron chi connectivity index (χ4n) is 2.56. The summed E-state index contributed by atoms with van der Waals surface area (Å²) in [5.41, 5.74) is 6.97. The summed E-state index contributed by atoms with van der Waals surface area (Å²) in [6, 6.07) is 5.85. The third-order valence-corrected chi connectivity index (χ3v) is 4.07. The lowest BCUT2D eigenvalue weighted by Crippen LogP contribution is -2.51. The van der Waals surface area contributed by atoms with Gasteiger partial charge < -0.3 is 11.1 Å². The van der Waals surface area contributed by atoms with E-state index in [2.05, 4.69) is 21.3 Å². The third-order valence-electron chi connectivity index (χ3n) is 4.07. The first-order valence-electron chi connectivity index (χ1n) is 7.74. The van der Waals surface area contributed by atoms with Gasteiger partial charge in [-0.25, -0.2) is 0 Å². The van der Waals surface area contributed by atoms with Gasteiger partial charge in [0.2, 0.25) is 5.91 Å². The van der Waals surface area contributed by atoms with Crippen molar-refractivity contribution in [3.63, 3.8) is 0 Å². The first kappa shape index (κ1) is 18.9. The Labute approximate surface area is 139 Å². The predicted molar refractivity (Wildman–Crippen MR) is 90.7 cm³/mol. The van der Waals surface area contributed by atoms with Crippen molar-refractivity contribution >= 4 is 18.3 Å². The van der Waals surface area contributed by atoms with Crippen LogP contribution in [0.2, 0.25) is 0 Å². The minimum Gasteiger partial charge on any atom is -0.352 e. The molecule has 1 saturated heterocycles. The van der Waals surface area contributed by atoms with Crippen molar-refractivity contribution in [2.45, 2.75) is 45.3 Å². The number of likely N-dealkylation sites (tertiary alicyclic amines) is 1. The summed E-state index contributed by atoms with van der Waals surface area (Å²) in [6.07, 6.45) is 3.78. The van der Waals surface area contributed by atoms with Crippen molar-refractivity contribution < 1.29 is 4.79 Å². The van der Waals surface area contributed by atoms with E-state index in [9.17, 15) is 4.79 Å². The molecular weight excluding hydrogens is 300 g/mol. The maximum absolute atomic E-state index is 12.0. The molecule has 0 bridgehead atoms. The number of nitrogens with one attached hydrogen (secondary N) is 1. The molecule has 124 valence electrons. The molecule has 1 fully saturated rings. The molecular formula is C16H27ClN4O. The van der Waals surface area contributed by atoms with Gasteiger partial charge in [-0.15, -0.1) is 12.4 Å². The van der Waals surface area contributed by atoms with E-state index in [0.717, 1.165) is 38.2 Å². The average molecular weight is 327 g/mol. The Morgan fingerprint density at radius 1 is 1.41 bits per heavy atom. The highest BCUT2D eigenvalue weighted by Crippen LogP contribution is 2.13. The minimum atomic E-state index is -0.406. The van der Waals surface area contributed by atoms with Crippen molar-refractivity contribution in [1.29, 1.82) is 0 Å². The highest BCUT2D eigenvalue weighted by atomic mass is 35.5. The van der Waals surface area contributed by atoms with Gasteiger partial charge in [0.05, 0.1) is 11.7 Å². The van der Waals surface area contributed by atoms with Crippen LogP contribution >= 0.6 is 12.4 Å². The number of nitrogens with two attached hydrogens (primary N) is 1. The first-order valence-corrected chi connectivity index (χ1v) is 7.74.